The van der Waals surface area contributed by atoms with E-state index in [4.69, 9.17) is 4.74 Å². The molecule has 1 heterocycles. The molecular formula is C23H30IN5O. The summed E-state index contributed by atoms with van der Waals surface area (Å²) in [5, 5.41) is 11.3. The first-order valence-electron chi connectivity index (χ1n) is 9.99. The van der Waals surface area contributed by atoms with Crippen molar-refractivity contribution in [3.8, 4) is 11.4 Å². The standard InChI is InChI=1S/C23H29N5O.HI/c1-19-20(18-28(27-19)21-11-5-3-6-12-21)10-9-15-25-23(24-2)26-16-17-29-22-13-7-4-8-14-22;/h3-8,11-14,18H,9-10,15-17H2,1-2H3,(H2,24,25,26);1H. The zero-order chi connectivity index (χ0) is 20.3. The van der Waals surface area contributed by atoms with Crippen LogP contribution in [0.2, 0.25) is 0 Å². The average molecular weight is 519 g/mol. The summed E-state index contributed by atoms with van der Waals surface area (Å²) in [6, 6.07) is 20.0. The van der Waals surface area contributed by atoms with Gasteiger partial charge >= 0.3 is 0 Å². The minimum Gasteiger partial charge on any atom is -0.492 e. The highest BCUT2D eigenvalue weighted by molar-refractivity contribution is 14.0. The van der Waals surface area contributed by atoms with Gasteiger partial charge in [0.15, 0.2) is 5.96 Å². The number of hydrogen-bond acceptors (Lipinski definition) is 3. The van der Waals surface area contributed by atoms with Gasteiger partial charge in [-0.25, -0.2) is 4.68 Å². The van der Waals surface area contributed by atoms with Crippen LogP contribution in [0, 0.1) is 6.92 Å². The summed E-state index contributed by atoms with van der Waals surface area (Å²) in [6.45, 7) is 4.19. The van der Waals surface area contributed by atoms with Gasteiger partial charge in [0, 0.05) is 19.8 Å². The van der Waals surface area contributed by atoms with Crippen molar-refractivity contribution in [2.24, 2.45) is 4.99 Å². The summed E-state index contributed by atoms with van der Waals surface area (Å²) >= 11 is 0. The molecular weight excluding hydrogens is 489 g/mol. The Morgan fingerprint density at radius 3 is 2.37 bits per heavy atom. The lowest BCUT2D eigenvalue weighted by Crippen LogP contribution is -2.39. The SMILES string of the molecule is CN=C(NCCCc1cn(-c2ccccc2)nc1C)NCCOc1ccccc1.I. The minimum absolute atomic E-state index is 0. The van der Waals surface area contributed by atoms with Crippen LogP contribution in [0.25, 0.3) is 5.69 Å². The Balaban J connectivity index is 0.00000320. The Hall–Kier alpha value is -2.55. The van der Waals surface area contributed by atoms with Crippen molar-refractivity contribution in [3.05, 3.63) is 78.1 Å². The molecule has 0 aliphatic carbocycles. The molecule has 0 unspecified atom stereocenters. The Kier molecular flexibility index (Phi) is 10.2. The molecule has 0 radical (unpaired) electrons. The van der Waals surface area contributed by atoms with E-state index in [9.17, 15) is 0 Å². The van der Waals surface area contributed by atoms with Crippen LogP contribution >= 0.6 is 24.0 Å². The number of benzene rings is 2. The molecule has 160 valence electrons. The second kappa shape index (κ2) is 12.9. The van der Waals surface area contributed by atoms with Gasteiger partial charge < -0.3 is 15.4 Å². The largest absolute Gasteiger partial charge is 0.492 e. The van der Waals surface area contributed by atoms with Crippen LogP contribution in [0.15, 0.2) is 71.9 Å². The molecule has 0 fully saturated rings. The summed E-state index contributed by atoms with van der Waals surface area (Å²) < 4.78 is 7.63. The lowest BCUT2D eigenvalue weighted by Gasteiger charge is -2.12. The maximum absolute atomic E-state index is 5.68. The molecule has 1 aromatic heterocycles. The van der Waals surface area contributed by atoms with Crippen molar-refractivity contribution < 1.29 is 4.74 Å². The first kappa shape index (κ1) is 23.7. The second-order valence-corrected chi connectivity index (χ2v) is 6.71. The molecule has 0 spiro atoms. The first-order chi connectivity index (χ1) is 14.3. The van der Waals surface area contributed by atoms with Crippen LogP contribution < -0.4 is 15.4 Å². The number of nitrogens with zero attached hydrogens (tertiary/aromatic N) is 3. The molecule has 0 saturated heterocycles. The monoisotopic (exact) mass is 519 g/mol. The van der Waals surface area contributed by atoms with Crippen LogP contribution in [0.5, 0.6) is 5.75 Å². The number of hydrogen-bond donors (Lipinski definition) is 2. The molecule has 0 aliphatic heterocycles. The maximum Gasteiger partial charge on any atom is 0.191 e. The first-order valence-corrected chi connectivity index (χ1v) is 9.99. The van der Waals surface area contributed by atoms with Crippen molar-refractivity contribution in [1.29, 1.82) is 0 Å². The predicted octanol–water partition coefficient (Wildman–Crippen LogP) is 3.98. The second-order valence-electron chi connectivity index (χ2n) is 6.71. The van der Waals surface area contributed by atoms with Crippen molar-refractivity contribution in [2.75, 3.05) is 26.7 Å². The van der Waals surface area contributed by atoms with Gasteiger partial charge in [-0.2, -0.15) is 5.10 Å². The van der Waals surface area contributed by atoms with E-state index in [2.05, 4.69) is 46.0 Å². The molecule has 3 aromatic rings. The summed E-state index contributed by atoms with van der Waals surface area (Å²) in [7, 11) is 1.78. The van der Waals surface area contributed by atoms with Crippen LogP contribution in [-0.2, 0) is 6.42 Å². The molecule has 0 atom stereocenters. The molecule has 3 rings (SSSR count). The van der Waals surface area contributed by atoms with E-state index in [1.165, 1.54) is 5.56 Å². The molecule has 0 amide bonds. The van der Waals surface area contributed by atoms with Gasteiger partial charge in [0.2, 0.25) is 0 Å². The van der Waals surface area contributed by atoms with E-state index < -0.39 is 0 Å². The van der Waals surface area contributed by atoms with Gasteiger partial charge in [0.25, 0.3) is 0 Å². The Bertz CT molecular complexity index is 896. The third kappa shape index (κ3) is 7.37. The van der Waals surface area contributed by atoms with Gasteiger partial charge in [-0.3, -0.25) is 4.99 Å². The number of guanidine groups is 1. The maximum atomic E-state index is 5.68. The lowest BCUT2D eigenvalue weighted by atomic mass is 10.1. The Morgan fingerprint density at radius 1 is 1.00 bits per heavy atom. The Morgan fingerprint density at radius 2 is 1.67 bits per heavy atom. The van der Waals surface area contributed by atoms with Gasteiger partial charge in [0.1, 0.15) is 12.4 Å². The minimum atomic E-state index is 0. The number of nitrogens with one attached hydrogen (secondary N) is 2. The molecule has 0 bridgehead atoms. The topological polar surface area (TPSA) is 63.5 Å². The van der Waals surface area contributed by atoms with E-state index in [1.54, 1.807) is 7.05 Å². The smallest absolute Gasteiger partial charge is 0.191 e. The highest BCUT2D eigenvalue weighted by atomic mass is 127. The molecule has 2 N–H and O–H groups in total. The van der Waals surface area contributed by atoms with E-state index in [0.29, 0.717) is 13.2 Å². The average Bonchev–Trinajstić information content (AvgIpc) is 3.14. The Labute approximate surface area is 195 Å². The number of ether oxygens (including phenoxy) is 1. The lowest BCUT2D eigenvalue weighted by molar-refractivity contribution is 0.322. The molecule has 30 heavy (non-hydrogen) atoms. The normalized spacial score (nSPS) is 10.9. The van der Waals surface area contributed by atoms with E-state index in [0.717, 1.165) is 42.5 Å². The highest BCUT2D eigenvalue weighted by Gasteiger charge is 2.06. The molecule has 0 saturated carbocycles. The quantitative estimate of drug-likeness (QED) is 0.194. The summed E-state index contributed by atoms with van der Waals surface area (Å²) in [5.41, 5.74) is 3.44. The molecule has 7 heteroatoms. The third-order valence-electron chi connectivity index (χ3n) is 4.57. The number of halogens is 1. The molecule has 2 aromatic carbocycles. The number of aryl methyl sites for hydroxylation is 2. The number of rotatable bonds is 9. The fraction of sp³-hybridized carbons (Fsp3) is 0.304. The van der Waals surface area contributed by atoms with Gasteiger partial charge in [-0.1, -0.05) is 36.4 Å². The number of aromatic nitrogens is 2. The predicted molar refractivity (Wildman–Crippen MR) is 133 cm³/mol. The van der Waals surface area contributed by atoms with Gasteiger partial charge in [-0.15, -0.1) is 24.0 Å². The molecule has 0 aliphatic rings. The summed E-state index contributed by atoms with van der Waals surface area (Å²) in [5.74, 6) is 1.67. The number of aliphatic imine (C=N–C) groups is 1. The molecule has 6 nitrogen and oxygen atoms in total. The van der Waals surface area contributed by atoms with Crippen molar-refractivity contribution in [2.45, 2.75) is 19.8 Å². The van der Waals surface area contributed by atoms with E-state index >= 15 is 0 Å². The zero-order valence-corrected chi connectivity index (χ0v) is 19.9. The van der Waals surface area contributed by atoms with Crippen molar-refractivity contribution in [3.63, 3.8) is 0 Å². The zero-order valence-electron chi connectivity index (χ0n) is 17.5. The van der Waals surface area contributed by atoms with Crippen LogP contribution in [0.1, 0.15) is 17.7 Å². The number of para-hydroxylation sites is 2. The van der Waals surface area contributed by atoms with Crippen LogP contribution in [0.4, 0.5) is 0 Å². The van der Waals surface area contributed by atoms with Gasteiger partial charge in [-0.05, 0) is 49.6 Å². The van der Waals surface area contributed by atoms with Crippen LogP contribution in [0.3, 0.4) is 0 Å². The summed E-state index contributed by atoms with van der Waals surface area (Å²) in [4.78, 5) is 4.26. The highest BCUT2D eigenvalue weighted by Crippen LogP contribution is 2.13. The van der Waals surface area contributed by atoms with Crippen molar-refractivity contribution in [1.82, 2.24) is 20.4 Å². The fourth-order valence-corrected chi connectivity index (χ4v) is 3.02. The van der Waals surface area contributed by atoms with E-state index in [1.807, 2.05) is 53.2 Å². The summed E-state index contributed by atoms with van der Waals surface area (Å²) in [6.07, 6.45) is 4.10. The third-order valence-corrected chi connectivity index (χ3v) is 4.57. The fourth-order valence-electron chi connectivity index (χ4n) is 3.02. The van der Waals surface area contributed by atoms with E-state index in [-0.39, 0.29) is 24.0 Å². The van der Waals surface area contributed by atoms with Crippen molar-refractivity contribution >= 4 is 29.9 Å². The van der Waals surface area contributed by atoms with Crippen LogP contribution in [-0.4, -0.2) is 42.5 Å². The van der Waals surface area contributed by atoms with Gasteiger partial charge in [0.05, 0.1) is 17.9 Å².